The van der Waals surface area contributed by atoms with Gasteiger partial charge >= 0.3 is 0 Å². The number of hydrogen-bond acceptors (Lipinski definition) is 6. The van der Waals surface area contributed by atoms with Gasteiger partial charge < -0.3 is 15.7 Å². The summed E-state index contributed by atoms with van der Waals surface area (Å²) in [5, 5.41) is 17.7. The van der Waals surface area contributed by atoms with Gasteiger partial charge in [-0.15, -0.1) is 0 Å². The molecule has 0 spiro atoms. The SMILES string of the molecule is CC1(O)CCN(c2ccc(N)c3nonc23)CC1. The van der Waals surface area contributed by atoms with Gasteiger partial charge in [0, 0.05) is 13.1 Å². The number of benzene rings is 1. The number of anilines is 2. The minimum Gasteiger partial charge on any atom is -0.397 e. The minimum absolute atomic E-state index is 0.564. The fourth-order valence-corrected chi connectivity index (χ4v) is 2.36. The lowest BCUT2D eigenvalue weighted by atomic mass is 9.93. The van der Waals surface area contributed by atoms with Gasteiger partial charge in [0.05, 0.1) is 17.0 Å². The number of nitrogens with two attached hydrogens (primary N) is 1. The predicted molar refractivity (Wildman–Crippen MR) is 68.3 cm³/mol. The first-order valence-electron chi connectivity index (χ1n) is 6.05. The maximum absolute atomic E-state index is 9.96. The van der Waals surface area contributed by atoms with Gasteiger partial charge in [-0.05, 0) is 42.2 Å². The van der Waals surface area contributed by atoms with E-state index in [0.29, 0.717) is 16.7 Å². The molecular formula is C12H16N4O2. The average Bonchev–Trinajstić information content (AvgIpc) is 2.80. The van der Waals surface area contributed by atoms with Crippen LogP contribution in [0.4, 0.5) is 11.4 Å². The number of nitrogens with zero attached hydrogens (tertiary/aromatic N) is 3. The van der Waals surface area contributed by atoms with E-state index < -0.39 is 5.60 Å². The van der Waals surface area contributed by atoms with Crippen molar-refractivity contribution >= 4 is 22.4 Å². The Bertz CT molecular complexity index is 568. The van der Waals surface area contributed by atoms with Crippen LogP contribution in [0.25, 0.3) is 11.0 Å². The molecule has 6 nitrogen and oxygen atoms in total. The van der Waals surface area contributed by atoms with E-state index in [0.717, 1.165) is 31.6 Å². The van der Waals surface area contributed by atoms with Gasteiger partial charge in [0.25, 0.3) is 0 Å². The maximum Gasteiger partial charge on any atom is 0.160 e. The lowest BCUT2D eigenvalue weighted by molar-refractivity contribution is 0.0352. The fraction of sp³-hybridized carbons (Fsp3) is 0.500. The molecule has 18 heavy (non-hydrogen) atoms. The standard InChI is InChI=1S/C12H16N4O2/c1-12(17)4-6-16(7-5-12)9-3-2-8(13)10-11(9)15-18-14-10/h2-3,17H,4-7,13H2,1H3. The number of nitrogen functional groups attached to an aromatic ring is 1. The summed E-state index contributed by atoms with van der Waals surface area (Å²) < 4.78 is 4.76. The molecule has 0 aliphatic carbocycles. The predicted octanol–water partition coefficient (Wildman–Crippen LogP) is 1.16. The number of hydrogen-bond donors (Lipinski definition) is 2. The summed E-state index contributed by atoms with van der Waals surface area (Å²) >= 11 is 0. The molecule has 0 radical (unpaired) electrons. The highest BCUT2D eigenvalue weighted by molar-refractivity contribution is 5.95. The van der Waals surface area contributed by atoms with Crippen LogP contribution in [0.15, 0.2) is 16.8 Å². The molecule has 1 saturated heterocycles. The van der Waals surface area contributed by atoms with Crippen molar-refractivity contribution in [3.05, 3.63) is 12.1 Å². The van der Waals surface area contributed by atoms with Crippen LogP contribution in [0, 0.1) is 0 Å². The van der Waals surface area contributed by atoms with E-state index in [4.69, 9.17) is 10.4 Å². The smallest absolute Gasteiger partial charge is 0.160 e. The lowest BCUT2D eigenvalue weighted by Gasteiger charge is -2.37. The molecule has 0 saturated carbocycles. The van der Waals surface area contributed by atoms with Crippen molar-refractivity contribution < 1.29 is 9.74 Å². The molecule has 3 N–H and O–H groups in total. The summed E-state index contributed by atoms with van der Waals surface area (Å²) in [5.41, 5.74) is 8.09. The molecule has 0 atom stereocenters. The zero-order valence-electron chi connectivity index (χ0n) is 10.3. The van der Waals surface area contributed by atoms with Gasteiger partial charge in [-0.3, -0.25) is 0 Å². The molecule has 1 aliphatic heterocycles. The van der Waals surface area contributed by atoms with Crippen LogP contribution in [0.3, 0.4) is 0 Å². The van der Waals surface area contributed by atoms with Gasteiger partial charge in [-0.2, -0.15) is 0 Å². The first-order chi connectivity index (χ1) is 8.57. The summed E-state index contributed by atoms with van der Waals surface area (Å²) in [7, 11) is 0. The molecule has 1 aliphatic rings. The van der Waals surface area contributed by atoms with Gasteiger partial charge in [0.2, 0.25) is 0 Å². The van der Waals surface area contributed by atoms with E-state index in [9.17, 15) is 5.11 Å². The molecule has 1 aromatic carbocycles. The average molecular weight is 248 g/mol. The van der Waals surface area contributed by atoms with Crippen molar-refractivity contribution in [3.63, 3.8) is 0 Å². The highest BCUT2D eigenvalue weighted by atomic mass is 16.6. The minimum atomic E-state index is -0.564. The maximum atomic E-state index is 9.96. The number of aromatic nitrogens is 2. The highest BCUT2D eigenvalue weighted by Crippen LogP contribution is 2.32. The van der Waals surface area contributed by atoms with E-state index in [2.05, 4.69) is 15.2 Å². The normalized spacial score (nSPS) is 19.3. The molecule has 96 valence electrons. The molecular weight excluding hydrogens is 232 g/mol. The summed E-state index contributed by atoms with van der Waals surface area (Å²) in [5.74, 6) is 0. The third-order valence-electron chi connectivity index (χ3n) is 3.61. The first-order valence-corrected chi connectivity index (χ1v) is 6.05. The van der Waals surface area contributed by atoms with Gasteiger partial charge in [0.15, 0.2) is 11.0 Å². The molecule has 0 amide bonds. The Morgan fingerprint density at radius 2 is 1.94 bits per heavy atom. The monoisotopic (exact) mass is 248 g/mol. The molecule has 1 aromatic heterocycles. The second kappa shape index (κ2) is 3.84. The van der Waals surface area contributed by atoms with Crippen molar-refractivity contribution in [2.75, 3.05) is 23.7 Å². The van der Waals surface area contributed by atoms with Crippen molar-refractivity contribution in [2.45, 2.75) is 25.4 Å². The van der Waals surface area contributed by atoms with E-state index in [1.54, 1.807) is 0 Å². The largest absolute Gasteiger partial charge is 0.397 e. The molecule has 6 heteroatoms. The third-order valence-corrected chi connectivity index (χ3v) is 3.61. The Kier molecular flexibility index (Phi) is 2.41. The van der Waals surface area contributed by atoms with Crippen molar-refractivity contribution in [2.24, 2.45) is 0 Å². The van der Waals surface area contributed by atoms with Crippen molar-refractivity contribution in [1.29, 1.82) is 0 Å². The molecule has 1 fully saturated rings. The van der Waals surface area contributed by atoms with Crippen LogP contribution in [0.1, 0.15) is 19.8 Å². The van der Waals surface area contributed by atoms with E-state index in [1.807, 2.05) is 19.1 Å². The zero-order valence-corrected chi connectivity index (χ0v) is 10.3. The number of rotatable bonds is 1. The lowest BCUT2D eigenvalue weighted by Crippen LogP contribution is -2.42. The summed E-state index contributed by atoms with van der Waals surface area (Å²) in [4.78, 5) is 2.18. The summed E-state index contributed by atoms with van der Waals surface area (Å²) in [6, 6.07) is 3.75. The van der Waals surface area contributed by atoms with Gasteiger partial charge in [-0.1, -0.05) is 0 Å². The molecule has 2 heterocycles. The van der Waals surface area contributed by atoms with Crippen LogP contribution >= 0.6 is 0 Å². The molecule has 2 aromatic rings. The van der Waals surface area contributed by atoms with Crippen molar-refractivity contribution in [3.8, 4) is 0 Å². The van der Waals surface area contributed by atoms with E-state index in [1.165, 1.54) is 0 Å². The zero-order chi connectivity index (χ0) is 12.8. The molecule has 3 rings (SSSR count). The van der Waals surface area contributed by atoms with Crippen LogP contribution in [-0.2, 0) is 0 Å². The molecule has 0 unspecified atom stereocenters. The fourth-order valence-electron chi connectivity index (χ4n) is 2.36. The Balaban J connectivity index is 1.96. The van der Waals surface area contributed by atoms with Crippen LogP contribution in [0.5, 0.6) is 0 Å². The van der Waals surface area contributed by atoms with Crippen LogP contribution < -0.4 is 10.6 Å². The second-order valence-electron chi connectivity index (χ2n) is 5.12. The summed E-state index contributed by atoms with van der Waals surface area (Å²) in [6.07, 6.45) is 1.48. The Hall–Kier alpha value is -1.82. The van der Waals surface area contributed by atoms with Crippen LogP contribution in [-0.4, -0.2) is 34.1 Å². The van der Waals surface area contributed by atoms with Crippen LogP contribution in [0.2, 0.25) is 0 Å². The van der Waals surface area contributed by atoms with Gasteiger partial charge in [-0.25, -0.2) is 4.63 Å². The molecule has 0 bridgehead atoms. The number of aliphatic hydroxyl groups is 1. The van der Waals surface area contributed by atoms with Crippen molar-refractivity contribution in [1.82, 2.24) is 10.3 Å². The quantitative estimate of drug-likeness (QED) is 0.736. The second-order valence-corrected chi connectivity index (χ2v) is 5.12. The first kappa shape index (κ1) is 11.3. The summed E-state index contributed by atoms with van der Waals surface area (Å²) in [6.45, 7) is 3.46. The third kappa shape index (κ3) is 1.78. The number of piperidine rings is 1. The highest BCUT2D eigenvalue weighted by Gasteiger charge is 2.28. The number of fused-ring (bicyclic) bond motifs is 1. The van der Waals surface area contributed by atoms with E-state index in [-0.39, 0.29) is 0 Å². The van der Waals surface area contributed by atoms with E-state index >= 15 is 0 Å². The Labute approximate surface area is 104 Å². The topological polar surface area (TPSA) is 88.4 Å². The Morgan fingerprint density at radius 1 is 1.28 bits per heavy atom. The van der Waals surface area contributed by atoms with Gasteiger partial charge in [0.1, 0.15) is 0 Å². The Morgan fingerprint density at radius 3 is 2.67 bits per heavy atom.